The fraction of sp³-hybridized carbons (Fsp3) is 0.0909. The summed E-state index contributed by atoms with van der Waals surface area (Å²) in [6.45, 7) is 2.36. The molecule has 0 spiro atoms. The number of aromatic nitrogens is 2. The number of rotatable bonds is 4. The van der Waals surface area contributed by atoms with Gasteiger partial charge in [-0.1, -0.05) is 48.5 Å². The molecule has 0 amide bonds. The molecular formula is C22H18N2O2. The molecule has 0 atom stereocenters. The Kier molecular flexibility index (Phi) is 4.23. The first-order valence-corrected chi connectivity index (χ1v) is 8.46. The van der Waals surface area contributed by atoms with Crippen LogP contribution in [-0.4, -0.2) is 9.97 Å². The first-order valence-electron chi connectivity index (χ1n) is 8.46. The average molecular weight is 342 g/mol. The Hall–Kier alpha value is -3.40. The number of benzene rings is 3. The van der Waals surface area contributed by atoms with E-state index in [0.717, 1.165) is 27.6 Å². The highest BCUT2D eigenvalue weighted by Crippen LogP contribution is 2.25. The Morgan fingerprint density at radius 3 is 2.50 bits per heavy atom. The van der Waals surface area contributed by atoms with Crippen LogP contribution in [0.25, 0.3) is 22.2 Å². The number of nitrogens with one attached hydrogen (secondary N) is 1. The predicted octanol–water partition coefficient (Wildman–Crippen LogP) is 4.48. The van der Waals surface area contributed by atoms with E-state index in [9.17, 15) is 4.79 Å². The molecule has 0 saturated carbocycles. The lowest BCUT2D eigenvalue weighted by Gasteiger charge is -2.09. The highest BCUT2D eigenvalue weighted by atomic mass is 16.5. The molecule has 0 saturated heterocycles. The van der Waals surface area contributed by atoms with Crippen LogP contribution in [0.1, 0.15) is 11.3 Å². The number of aryl methyl sites for hydroxylation is 1. The molecule has 26 heavy (non-hydrogen) atoms. The summed E-state index contributed by atoms with van der Waals surface area (Å²) in [5.41, 5.74) is 2.58. The second kappa shape index (κ2) is 6.84. The van der Waals surface area contributed by atoms with Crippen molar-refractivity contribution in [2.24, 2.45) is 0 Å². The van der Waals surface area contributed by atoms with Crippen molar-refractivity contribution in [3.05, 3.63) is 94.4 Å². The average Bonchev–Trinajstić information content (AvgIpc) is 2.66. The Balaban J connectivity index is 1.61. The highest BCUT2D eigenvalue weighted by molar-refractivity contribution is 5.87. The zero-order valence-corrected chi connectivity index (χ0v) is 14.4. The number of ether oxygens (including phenoxy) is 1. The quantitative estimate of drug-likeness (QED) is 0.595. The fourth-order valence-corrected chi connectivity index (χ4v) is 2.92. The number of hydrogen-bond acceptors (Lipinski definition) is 3. The molecular weight excluding hydrogens is 324 g/mol. The summed E-state index contributed by atoms with van der Waals surface area (Å²) in [6.07, 6.45) is 0. The van der Waals surface area contributed by atoms with E-state index < -0.39 is 0 Å². The van der Waals surface area contributed by atoms with Crippen molar-refractivity contribution in [1.29, 1.82) is 0 Å². The van der Waals surface area contributed by atoms with E-state index in [4.69, 9.17) is 4.74 Å². The van der Waals surface area contributed by atoms with E-state index in [0.29, 0.717) is 18.1 Å². The number of H-pyrrole nitrogens is 1. The number of fused-ring (bicyclic) bond motifs is 1. The third-order valence-corrected chi connectivity index (χ3v) is 4.20. The lowest BCUT2D eigenvalue weighted by atomic mass is 10.1. The van der Waals surface area contributed by atoms with E-state index in [1.807, 2.05) is 73.7 Å². The van der Waals surface area contributed by atoms with Gasteiger partial charge in [0.25, 0.3) is 5.56 Å². The van der Waals surface area contributed by atoms with Crippen LogP contribution in [0.3, 0.4) is 0 Å². The van der Waals surface area contributed by atoms with Crippen LogP contribution in [0.4, 0.5) is 0 Å². The molecule has 3 aromatic carbocycles. The Morgan fingerprint density at radius 2 is 1.69 bits per heavy atom. The molecule has 1 heterocycles. The largest absolute Gasteiger partial charge is 0.489 e. The van der Waals surface area contributed by atoms with E-state index >= 15 is 0 Å². The summed E-state index contributed by atoms with van der Waals surface area (Å²) < 4.78 is 5.89. The molecule has 128 valence electrons. The van der Waals surface area contributed by atoms with Gasteiger partial charge in [-0.05, 0) is 41.5 Å². The highest BCUT2D eigenvalue weighted by Gasteiger charge is 2.05. The molecule has 4 aromatic rings. The van der Waals surface area contributed by atoms with Gasteiger partial charge in [0.1, 0.15) is 18.2 Å². The van der Waals surface area contributed by atoms with Crippen molar-refractivity contribution in [2.75, 3.05) is 0 Å². The zero-order valence-electron chi connectivity index (χ0n) is 14.4. The molecule has 0 unspecified atom stereocenters. The van der Waals surface area contributed by atoms with Gasteiger partial charge in [0, 0.05) is 17.3 Å². The summed E-state index contributed by atoms with van der Waals surface area (Å²) in [4.78, 5) is 18.9. The van der Waals surface area contributed by atoms with Crippen LogP contribution in [-0.2, 0) is 6.61 Å². The SMILES string of the molecule is Cc1cc(=O)[nH]c(-c2ccc3cc(OCc4ccccc4)ccc3c2)n1. The van der Waals surface area contributed by atoms with Crippen LogP contribution >= 0.6 is 0 Å². The van der Waals surface area contributed by atoms with Gasteiger partial charge in [-0.25, -0.2) is 4.98 Å². The number of nitrogens with zero attached hydrogens (tertiary/aromatic N) is 1. The molecule has 0 radical (unpaired) electrons. The van der Waals surface area contributed by atoms with E-state index in [1.54, 1.807) is 0 Å². The molecule has 0 aliphatic heterocycles. The monoisotopic (exact) mass is 342 g/mol. The minimum atomic E-state index is -0.141. The fourth-order valence-electron chi connectivity index (χ4n) is 2.92. The molecule has 4 nitrogen and oxygen atoms in total. The molecule has 4 rings (SSSR count). The summed E-state index contributed by atoms with van der Waals surface area (Å²) in [5.74, 6) is 1.41. The zero-order chi connectivity index (χ0) is 17.9. The topological polar surface area (TPSA) is 55.0 Å². The first-order chi connectivity index (χ1) is 12.7. The summed E-state index contributed by atoms with van der Waals surface area (Å²) in [6, 6.07) is 23.6. The summed E-state index contributed by atoms with van der Waals surface area (Å²) in [7, 11) is 0. The van der Waals surface area contributed by atoms with Crippen molar-refractivity contribution >= 4 is 10.8 Å². The van der Waals surface area contributed by atoms with Gasteiger partial charge in [-0.2, -0.15) is 0 Å². The van der Waals surface area contributed by atoms with Crippen molar-refractivity contribution in [3.63, 3.8) is 0 Å². The Labute approximate surface area is 151 Å². The summed E-state index contributed by atoms with van der Waals surface area (Å²) in [5, 5.41) is 2.15. The lowest BCUT2D eigenvalue weighted by Crippen LogP contribution is -2.08. The van der Waals surface area contributed by atoms with Crippen LogP contribution in [0.2, 0.25) is 0 Å². The molecule has 0 fully saturated rings. The third-order valence-electron chi connectivity index (χ3n) is 4.20. The van der Waals surface area contributed by atoms with Crippen molar-refractivity contribution < 1.29 is 4.74 Å². The molecule has 1 N–H and O–H groups in total. The van der Waals surface area contributed by atoms with Crippen LogP contribution in [0, 0.1) is 6.92 Å². The minimum Gasteiger partial charge on any atom is -0.489 e. The van der Waals surface area contributed by atoms with Gasteiger partial charge < -0.3 is 9.72 Å². The first kappa shape index (κ1) is 16.1. The van der Waals surface area contributed by atoms with E-state index in [-0.39, 0.29) is 5.56 Å². The van der Waals surface area contributed by atoms with Gasteiger partial charge in [-0.15, -0.1) is 0 Å². The second-order valence-corrected chi connectivity index (χ2v) is 6.23. The Bertz CT molecular complexity index is 1120. The number of aromatic amines is 1. The van der Waals surface area contributed by atoms with Gasteiger partial charge in [0.2, 0.25) is 0 Å². The molecule has 4 heteroatoms. The van der Waals surface area contributed by atoms with Crippen LogP contribution < -0.4 is 10.3 Å². The van der Waals surface area contributed by atoms with Crippen molar-refractivity contribution in [1.82, 2.24) is 9.97 Å². The van der Waals surface area contributed by atoms with Crippen molar-refractivity contribution in [2.45, 2.75) is 13.5 Å². The maximum atomic E-state index is 11.7. The normalized spacial score (nSPS) is 10.8. The molecule has 0 aliphatic carbocycles. The van der Waals surface area contributed by atoms with Gasteiger partial charge in [-0.3, -0.25) is 4.79 Å². The van der Waals surface area contributed by atoms with Gasteiger partial charge >= 0.3 is 0 Å². The minimum absolute atomic E-state index is 0.141. The lowest BCUT2D eigenvalue weighted by molar-refractivity contribution is 0.306. The maximum absolute atomic E-state index is 11.7. The van der Waals surface area contributed by atoms with Gasteiger partial charge in [0.15, 0.2) is 0 Å². The maximum Gasteiger partial charge on any atom is 0.251 e. The smallest absolute Gasteiger partial charge is 0.251 e. The number of hydrogen-bond donors (Lipinski definition) is 1. The standard InChI is InChI=1S/C22H18N2O2/c1-15-11-21(25)24-22(23-15)19-8-7-18-13-20(10-9-17(18)12-19)26-14-16-5-3-2-4-6-16/h2-13H,14H2,1H3,(H,23,24,25). The molecule has 0 bridgehead atoms. The van der Waals surface area contributed by atoms with Crippen LogP contribution in [0.5, 0.6) is 5.75 Å². The predicted molar refractivity (Wildman–Crippen MR) is 103 cm³/mol. The van der Waals surface area contributed by atoms with E-state index in [1.165, 1.54) is 6.07 Å². The summed E-state index contributed by atoms with van der Waals surface area (Å²) >= 11 is 0. The van der Waals surface area contributed by atoms with Crippen molar-refractivity contribution in [3.8, 4) is 17.1 Å². The molecule has 1 aromatic heterocycles. The van der Waals surface area contributed by atoms with Gasteiger partial charge in [0.05, 0.1) is 0 Å². The molecule has 0 aliphatic rings. The van der Waals surface area contributed by atoms with Crippen LogP contribution in [0.15, 0.2) is 77.6 Å². The second-order valence-electron chi connectivity index (χ2n) is 6.23. The van der Waals surface area contributed by atoms with E-state index in [2.05, 4.69) is 9.97 Å². The Morgan fingerprint density at radius 1 is 0.923 bits per heavy atom. The third kappa shape index (κ3) is 3.49.